The van der Waals surface area contributed by atoms with Gasteiger partial charge >= 0.3 is 0 Å². The van der Waals surface area contributed by atoms with Gasteiger partial charge in [0.2, 0.25) is 5.91 Å². The Kier molecular flexibility index (Phi) is 4.82. The molecule has 6 heteroatoms. The fourth-order valence-corrected chi connectivity index (χ4v) is 3.90. The predicted molar refractivity (Wildman–Crippen MR) is 101 cm³/mol. The van der Waals surface area contributed by atoms with Crippen LogP contribution in [-0.2, 0) is 4.79 Å². The summed E-state index contributed by atoms with van der Waals surface area (Å²) in [5, 5.41) is 0. The number of carbonyl (C=O) groups is 1. The SMILES string of the molecule is Cc1cc(N2CCC(C(=O)N3CCCC3)CC2)nc(-c2ccncc2)n1. The second kappa shape index (κ2) is 7.40. The number of likely N-dealkylation sites (tertiary alicyclic amines) is 1. The molecule has 136 valence electrons. The van der Waals surface area contributed by atoms with Gasteiger partial charge in [0, 0.05) is 61.8 Å². The smallest absolute Gasteiger partial charge is 0.225 e. The van der Waals surface area contributed by atoms with E-state index in [1.807, 2.05) is 25.1 Å². The van der Waals surface area contributed by atoms with Gasteiger partial charge in [-0.2, -0.15) is 0 Å². The summed E-state index contributed by atoms with van der Waals surface area (Å²) in [5.74, 6) is 2.22. The largest absolute Gasteiger partial charge is 0.356 e. The molecule has 0 aromatic carbocycles. The number of aromatic nitrogens is 3. The molecule has 4 rings (SSSR count). The van der Waals surface area contributed by atoms with Crippen LogP contribution in [0.25, 0.3) is 11.4 Å². The molecule has 2 fully saturated rings. The minimum Gasteiger partial charge on any atom is -0.356 e. The Morgan fingerprint density at radius 3 is 2.42 bits per heavy atom. The van der Waals surface area contributed by atoms with Gasteiger partial charge in [0.1, 0.15) is 5.82 Å². The highest BCUT2D eigenvalue weighted by Gasteiger charge is 2.30. The van der Waals surface area contributed by atoms with E-state index in [0.29, 0.717) is 5.91 Å². The number of hydrogen-bond acceptors (Lipinski definition) is 5. The summed E-state index contributed by atoms with van der Waals surface area (Å²) in [6.07, 6.45) is 7.64. The van der Waals surface area contributed by atoms with Crippen molar-refractivity contribution in [1.82, 2.24) is 19.9 Å². The Morgan fingerprint density at radius 2 is 1.73 bits per heavy atom. The summed E-state index contributed by atoms with van der Waals surface area (Å²) in [6, 6.07) is 5.90. The van der Waals surface area contributed by atoms with Crippen LogP contribution in [0.15, 0.2) is 30.6 Å². The Bertz CT molecular complexity index is 765. The van der Waals surface area contributed by atoms with Gasteiger partial charge in [-0.3, -0.25) is 9.78 Å². The first kappa shape index (κ1) is 16.9. The molecule has 2 aliphatic heterocycles. The predicted octanol–water partition coefficient (Wildman–Crippen LogP) is 2.69. The summed E-state index contributed by atoms with van der Waals surface area (Å²) in [5.41, 5.74) is 1.93. The topological polar surface area (TPSA) is 62.2 Å². The zero-order chi connectivity index (χ0) is 17.9. The Morgan fingerprint density at radius 1 is 1.04 bits per heavy atom. The van der Waals surface area contributed by atoms with E-state index in [-0.39, 0.29) is 5.92 Å². The van der Waals surface area contributed by atoms with E-state index >= 15 is 0 Å². The minimum atomic E-state index is 0.173. The monoisotopic (exact) mass is 351 g/mol. The zero-order valence-electron chi connectivity index (χ0n) is 15.3. The first-order chi connectivity index (χ1) is 12.7. The van der Waals surface area contributed by atoms with Crippen LogP contribution in [-0.4, -0.2) is 51.9 Å². The second-order valence-corrected chi connectivity index (χ2v) is 7.22. The average molecular weight is 351 g/mol. The zero-order valence-corrected chi connectivity index (χ0v) is 15.3. The van der Waals surface area contributed by atoms with Gasteiger partial charge < -0.3 is 9.80 Å². The number of aryl methyl sites for hydroxylation is 1. The molecule has 0 unspecified atom stereocenters. The van der Waals surface area contributed by atoms with Gasteiger partial charge in [-0.15, -0.1) is 0 Å². The third-order valence-corrected chi connectivity index (χ3v) is 5.37. The van der Waals surface area contributed by atoms with Crippen molar-refractivity contribution in [2.45, 2.75) is 32.6 Å². The lowest BCUT2D eigenvalue weighted by Gasteiger charge is -2.34. The van der Waals surface area contributed by atoms with Gasteiger partial charge in [0.15, 0.2) is 5.82 Å². The number of nitrogens with zero attached hydrogens (tertiary/aromatic N) is 5. The van der Waals surface area contributed by atoms with Crippen molar-refractivity contribution in [2.24, 2.45) is 5.92 Å². The number of rotatable bonds is 3. The molecule has 0 atom stereocenters. The van der Waals surface area contributed by atoms with Crippen LogP contribution in [0.1, 0.15) is 31.4 Å². The van der Waals surface area contributed by atoms with E-state index in [1.165, 1.54) is 0 Å². The number of amides is 1. The maximum atomic E-state index is 12.6. The molecule has 0 bridgehead atoms. The van der Waals surface area contributed by atoms with Crippen LogP contribution in [0.4, 0.5) is 5.82 Å². The lowest BCUT2D eigenvalue weighted by molar-refractivity contribution is -0.135. The van der Waals surface area contributed by atoms with Crippen molar-refractivity contribution < 1.29 is 4.79 Å². The van der Waals surface area contributed by atoms with Crippen LogP contribution >= 0.6 is 0 Å². The van der Waals surface area contributed by atoms with Gasteiger partial charge in [-0.1, -0.05) is 0 Å². The van der Waals surface area contributed by atoms with Crippen molar-refractivity contribution in [2.75, 3.05) is 31.1 Å². The van der Waals surface area contributed by atoms with E-state index in [9.17, 15) is 4.79 Å². The number of anilines is 1. The summed E-state index contributed by atoms with van der Waals surface area (Å²) >= 11 is 0. The molecule has 0 saturated carbocycles. The summed E-state index contributed by atoms with van der Waals surface area (Å²) in [6.45, 7) is 5.63. The van der Waals surface area contributed by atoms with Crippen molar-refractivity contribution in [1.29, 1.82) is 0 Å². The fraction of sp³-hybridized carbons (Fsp3) is 0.500. The molecule has 2 aromatic rings. The first-order valence-electron chi connectivity index (χ1n) is 9.50. The first-order valence-corrected chi connectivity index (χ1v) is 9.50. The van der Waals surface area contributed by atoms with E-state index in [1.54, 1.807) is 12.4 Å². The third kappa shape index (κ3) is 3.54. The van der Waals surface area contributed by atoms with Crippen molar-refractivity contribution in [3.8, 4) is 11.4 Å². The van der Waals surface area contributed by atoms with Crippen LogP contribution in [0.2, 0.25) is 0 Å². The molecule has 6 nitrogen and oxygen atoms in total. The lowest BCUT2D eigenvalue weighted by Crippen LogP contribution is -2.42. The molecular formula is C20H25N5O. The van der Waals surface area contributed by atoms with Gasteiger partial charge in [0.25, 0.3) is 0 Å². The highest BCUT2D eigenvalue weighted by molar-refractivity contribution is 5.79. The number of pyridine rings is 1. The molecule has 2 aliphatic rings. The molecular weight excluding hydrogens is 326 g/mol. The van der Waals surface area contributed by atoms with Gasteiger partial charge in [-0.25, -0.2) is 9.97 Å². The molecule has 0 N–H and O–H groups in total. The highest BCUT2D eigenvalue weighted by Crippen LogP contribution is 2.26. The van der Waals surface area contributed by atoms with Gasteiger partial charge in [0.05, 0.1) is 0 Å². The van der Waals surface area contributed by atoms with Crippen LogP contribution in [0.5, 0.6) is 0 Å². The van der Waals surface area contributed by atoms with Crippen LogP contribution in [0, 0.1) is 12.8 Å². The minimum absolute atomic E-state index is 0.173. The fourth-order valence-electron chi connectivity index (χ4n) is 3.90. The Labute approximate surface area is 154 Å². The summed E-state index contributed by atoms with van der Waals surface area (Å²) in [4.78, 5) is 30.3. The molecule has 0 radical (unpaired) electrons. The Balaban J connectivity index is 1.46. The van der Waals surface area contributed by atoms with E-state index in [2.05, 4.69) is 19.8 Å². The second-order valence-electron chi connectivity index (χ2n) is 7.22. The number of hydrogen-bond donors (Lipinski definition) is 0. The van der Waals surface area contributed by atoms with E-state index < -0.39 is 0 Å². The highest BCUT2D eigenvalue weighted by atomic mass is 16.2. The molecule has 26 heavy (non-hydrogen) atoms. The van der Waals surface area contributed by atoms with Crippen LogP contribution in [0.3, 0.4) is 0 Å². The summed E-state index contributed by atoms with van der Waals surface area (Å²) in [7, 11) is 0. The number of piperidine rings is 1. The molecule has 2 saturated heterocycles. The third-order valence-electron chi connectivity index (χ3n) is 5.37. The van der Waals surface area contributed by atoms with Crippen molar-refractivity contribution in [3.05, 3.63) is 36.3 Å². The van der Waals surface area contributed by atoms with Gasteiger partial charge in [-0.05, 0) is 44.7 Å². The maximum absolute atomic E-state index is 12.6. The normalized spacial score (nSPS) is 18.3. The van der Waals surface area contributed by atoms with E-state index in [4.69, 9.17) is 4.98 Å². The molecule has 1 amide bonds. The maximum Gasteiger partial charge on any atom is 0.225 e. The lowest BCUT2D eigenvalue weighted by atomic mass is 9.95. The summed E-state index contributed by atoms with van der Waals surface area (Å²) < 4.78 is 0. The standard InChI is InChI=1S/C20H25N5O/c1-15-14-18(23-19(22-15)16-4-8-21-9-5-16)24-12-6-17(7-13-24)20(26)25-10-2-3-11-25/h4-5,8-9,14,17H,2-3,6-7,10-13H2,1H3. The molecule has 2 aromatic heterocycles. The molecule has 4 heterocycles. The Hall–Kier alpha value is -2.50. The molecule has 0 spiro atoms. The quantitative estimate of drug-likeness (QED) is 0.851. The average Bonchev–Trinajstić information content (AvgIpc) is 3.22. The van der Waals surface area contributed by atoms with Crippen LogP contribution < -0.4 is 4.90 Å². The van der Waals surface area contributed by atoms with Crippen molar-refractivity contribution >= 4 is 11.7 Å². The number of carbonyl (C=O) groups excluding carboxylic acids is 1. The van der Waals surface area contributed by atoms with E-state index in [0.717, 1.165) is 74.8 Å². The molecule has 0 aliphatic carbocycles. The van der Waals surface area contributed by atoms with Crippen molar-refractivity contribution in [3.63, 3.8) is 0 Å².